The molecule has 28 heavy (non-hydrogen) atoms. The van der Waals surface area contributed by atoms with Crippen molar-refractivity contribution in [3.8, 4) is 5.69 Å². The van der Waals surface area contributed by atoms with E-state index in [1.54, 1.807) is 6.92 Å². The molecule has 0 saturated carbocycles. The monoisotopic (exact) mass is 396 g/mol. The summed E-state index contributed by atoms with van der Waals surface area (Å²) in [6.07, 6.45) is 0. The van der Waals surface area contributed by atoms with Gasteiger partial charge in [0.15, 0.2) is 6.61 Å². The van der Waals surface area contributed by atoms with E-state index in [0.717, 1.165) is 22.1 Å². The molecule has 0 fully saturated rings. The second-order valence-electron chi connectivity index (χ2n) is 7.04. The zero-order chi connectivity index (χ0) is 20.6. The summed E-state index contributed by atoms with van der Waals surface area (Å²) in [4.78, 5) is 29.6. The fraction of sp³-hybridized carbons (Fsp3) is 0.318. The van der Waals surface area contributed by atoms with E-state index in [-0.39, 0.29) is 12.4 Å². The first-order valence-electron chi connectivity index (χ1n) is 9.10. The van der Waals surface area contributed by atoms with E-state index in [0.29, 0.717) is 16.1 Å². The van der Waals surface area contributed by atoms with Crippen LogP contribution < -0.4 is 0 Å². The molecule has 3 rings (SSSR count). The summed E-state index contributed by atoms with van der Waals surface area (Å²) in [5.74, 6) is -0.713. The molecule has 5 nitrogen and oxygen atoms in total. The number of aryl methyl sites for hydroxylation is 5. The summed E-state index contributed by atoms with van der Waals surface area (Å²) in [7, 11) is 0. The number of aromatic nitrogens is 2. The number of ether oxygens (including phenoxy) is 1. The SMILES string of the molecule is Cc1nc(C)c(C(=O)OCC(=O)c2cc(C)n(-c3ccc(C)c(C)c3)c2C)s1. The largest absolute Gasteiger partial charge is 0.453 e. The Kier molecular flexibility index (Phi) is 5.52. The molecular weight excluding hydrogens is 372 g/mol. The lowest BCUT2D eigenvalue weighted by Crippen LogP contribution is -2.15. The normalized spacial score (nSPS) is 10.9. The van der Waals surface area contributed by atoms with Gasteiger partial charge in [0, 0.05) is 22.6 Å². The van der Waals surface area contributed by atoms with Crippen LogP contribution in [-0.4, -0.2) is 27.9 Å². The molecule has 0 aliphatic carbocycles. The first-order valence-corrected chi connectivity index (χ1v) is 9.91. The van der Waals surface area contributed by atoms with E-state index in [4.69, 9.17) is 4.74 Å². The maximum absolute atomic E-state index is 12.7. The van der Waals surface area contributed by atoms with Crippen LogP contribution in [0.4, 0.5) is 0 Å². The molecule has 0 saturated heterocycles. The van der Waals surface area contributed by atoms with Gasteiger partial charge in [-0.1, -0.05) is 6.07 Å². The minimum absolute atomic E-state index is 0.213. The quantitative estimate of drug-likeness (QED) is 0.458. The van der Waals surface area contributed by atoms with Gasteiger partial charge in [-0.2, -0.15) is 0 Å². The second kappa shape index (κ2) is 7.72. The number of hydrogen-bond acceptors (Lipinski definition) is 5. The van der Waals surface area contributed by atoms with E-state index >= 15 is 0 Å². The summed E-state index contributed by atoms with van der Waals surface area (Å²) < 4.78 is 7.31. The molecule has 3 aromatic rings. The Labute approximate surface area is 169 Å². The van der Waals surface area contributed by atoms with Crippen LogP contribution >= 0.6 is 11.3 Å². The molecule has 0 spiro atoms. The molecule has 0 N–H and O–H groups in total. The van der Waals surface area contributed by atoms with Crippen molar-refractivity contribution < 1.29 is 14.3 Å². The van der Waals surface area contributed by atoms with Crippen LogP contribution in [0.3, 0.4) is 0 Å². The number of benzene rings is 1. The molecule has 2 aromatic heterocycles. The van der Waals surface area contributed by atoms with Crippen LogP contribution in [-0.2, 0) is 4.74 Å². The second-order valence-corrected chi connectivity index (χ2v) is 8.24. The number of rotatable bonds is 5. The van der Waals surface area contributed by atoms with E-state index in [9.17, 15) is 9.59 Å². The third kappa shape index (κ3) is 3.78. The third-order valence-corrected chi connectivity index (χ3v) is 5.96. The Hall–Kier alpha value is -2.73. The Morgan fingerprint density at radius 1 is 1.04 bits per heavy atom. The highest BCUT2D eigenvalue weighted by atomic mass is 32.1. The Balaban J connectivity index is 1.80. The van der Waals surface area contributed by atoms with E-state index < -0.39 is 5.97 Å². The van der Waals surface area contributed by atoms with Gasteiger partial charge >= 0.3 is 5.97 Å². The number of nitrogens with zero attached hydrogens (tertiary/aromatic N) is 2. The van der Waals surface area contributed by atoms with Crippen molar-refractivity contribution in [3.05, 3.63) is 67.9 Å². The lowest BCUT2D eigenvalue weighted by atomic mass is 10.1. The molecule has 0 atom stereocenters. The zero-order valence-corrected chi connectivity index (χ0v) is 17.9. The molecule has 0 bridgehead atoms. The standard InChI is InChI=1S/C22H24N2O3S/c1-12-7-8-18(9-13(12)2)24-14(3)10-19(16(24)5)20(25)11-27-22(26)21-15(4)23-17(6)28-21/h7-10H,11H2,1-6H3. The molecule has 6 heteroatoms. The predicted octanol–water partition coefficient (Wildman–Crippen LogP) is 4.82. The molecular formula is C22H24N2O3S. The van der Waals surface area contributed by atoms with Crippen molar-refractivity contribution in [2.75, 3.05) is 6.61 Å². The number of hydrogen-bond donors (Lipinski definition) is 0. The summed E-state index contributed by atoms with van der Waals surface area (Å²) in [6.45, 7) is 11.3. The van der Waals surface area contributed by atoms with Crippen LogP contribution in [0.2, 0.25) is 0 Å². The predicted molar refractivity (Wildman–Crippen MR) is 111 cm³/mol. The van der Waals surface area contributed by atoms with Crippen molar-refractivity contribution in [1.29, 1.82) is 0 Å². The van der Waals surface area contributed by atoms with Crippen molar-refractivity contribution in [2.24, 2.45) is 0 Å². The van der Waals surface area contributed by atoms with Gasteiger partial charge in [0.1, 0.15) is 4.88 Å². The smallest absolute Gasteiger partial charge is 0.350 e. The van der Waals surface area contributed by atoms with Crippen LogP contribution in [0.25, 0.3) is 5.69 Å². The number of thiazole rings is 1. The van der Waals surface area contributed by atoms with Crippen LogP contribution in [0.1, 0.15) is 53.2 Å². The highest BCUT2D eigenvalue weighted by Crippen LogP contribution is 2.23. The van der Waals surface area contributed by atoms with Crippen molar-refractivity contribution in [1.82, 2.24) is 9.55 Å². The first-order chi connectivity index (χ1) is 13.2. The summed E-state index contributed by atoms with van der Waals surface area (Å²) in [5.41, 5.74) is 6.44. The third-order valence-electron chi connectivity index (χ3n) is 4.90. The number of carbonyl (C=O) groups is 2. The van der Waals surface area contributed by atoms with E-state index in [1.165, 1.54) is 22.5 Å². The van der Waals surface area contributed by atoms with Crippen molar-refractivity contribution in [3.63, 3.8) is 0 Å². The fourth-order valence-corrected chi connectivity index (χ4v) is 4.12. The van der Waals surface area contributed by atoms with E-state index in [1.807, 2.05) is 32.9 Å². The van der Waals surface area contributed by atoms with Crippen LogP contribution in [0.5, 0.6) is 0 Å². The number of ketones is 1. The summed E-state index contributed by atoms with van der Waals surface area (Å²) in [5, 5.41) is 0.799. The van der Waals surface area contributed by atoms with Gasteiger partial charge in [-0.25, -0.2) is 9.78 Å². The van der Waals surface area contributed by atoms with Gasteiger partial charge < -0.3 is 9.30 Å². The lowest BCUT2D eigenvalue weighted by molar-refractivity contribution is 0.0478. The topological polar surface area (TPSA) is 61.2 Å². The Morgan fingerprint density at radius 3 is 2.36 bits per heavy atom. The fourth-order valence-electron chi connectivity index (χ4n) is 3.30. The Morgan fingerprint density at radius 2 is 1.75 bits per heavy atom. The van der Waals surface area contributed by atoms with E-state index in [2.05, 4.69) is 35.5 Å². The number of carbonyl (C=O) groups excluding carboxylic acids is 2. The maximum Gasteiger partial charge on any atom is 0.350 e. The average molecular weight is 397 g/mol. The van der Waals surface area contributed by atoms with Crippen molar-refractivity contribution in [2.45, 2.75) is 41.5 Å². The molecule has 0 amide bonds. The first kappa shape index (κ1) is 20.0. The summed E-state index contributed by atoms with van der Waals surface area (Å²) >= 11 is 1.28. The van der Waals surface area contributed by atoms with Crippen LogP contribution in [0, 0.1) is 41.5 Å². The number of Topliss-reactive ketones (excluding diaryl/α,β-unsaturated/α-hetero) is 1. The highest BCUT2D eigenvalue weighted by Gasteiger charge is 2.20. The van der Waals surface area contributed by atoms with Gasteiger partial charge in [-0.3, -0.25) is 4.79 Å². The van der Waals surface area contributed by atoms with Gasteiger partial charge in [0.2, 0.25) is 5.78 Å². The molecule has 0 unspecified atom stereocenters. The van der Waals surface area contributed by atoms with Gasteiger partial charge in [-0.05, 0) is 70.9 Å². The molecule has 2 heterocycles. The minimum atomic E-state index is -0.501. The Bertz CT molecular complexity index is 1080. The molecule has 0 aliphatic rings. The number of esters is 1. The van der Waals surface area contributed by atoms with Crippen molar-refractivity contribution >= 4 is 23.1 Å². The molecule has 0 aliphatic heterocycles. The highest BCUT2D eigenvalue weighted by molar-refractivity contribution is 7.13. The van der Waals surface area contributed by atoms with Gasteiger partial charge in [0.05, 0.1) is 10.7 Å². The molecule has 1 aromatic carbocycles. The maximum atomic E-state index is 12.7. The zero-order valence-electron chi connectivity index (χ0n) is 17.0. The molecule has 146 valence electrons. The van der Waals surface area contributed by atoms with Gasteiger partial charge in [0.25, 0.3) is 0 Å². The summed E-state index contributed by atoms with van der Waals surface area (Å²) in [6, 6.07) is 8.08. The lowest BCUT2D eigenvalue weighted by Gasteiger charge is -2.12. The molecule has 0 radical (unpaired) electrons. The van der Waals surface area contributed by atoms with Gasteiger partial charge in [-0.15, -0.1) is 11.3 Å². The minimum Gasteiger partial charge on any atom is -0.453 e. The average Bonchev–Trinajstić information content (AvgIpc) is 3.13. The van der Waals surface area contributed by atoms with Crippen LogP contribution in [0.15, 0.2) is 24.3 Å².